The summed E-state index contributed by atoms with van der Waals surface area (Å²) in [6, 6.07) is 3.54. The Morgan fingerprint density at radius 1 is 1.36 bits per heavy atom. The summed E-state index contributed by atoms with van der Waals surface area (Å²) >= 11 is 11.2. The van der Waals surface area contributed by atoms with E-state index >= 15 is 0 Å². The Kier molecular flexibility index (Phi) is 2.98. The van der Waals surface area contributed by atoms with Crippen LogP contribution in [0.25, 0.3) is 0 Å². The maximum absolute atomic E-state index is 5.41. The third kappa shape index (κ3) is 2.50. The van der Waals surface area contributed by atoms with E-state index in [-0.39, 0.29) is 0 Å². The monoisotopic (exact) mass is 294 g/mol. The van der Waals surface area contributed by atoms with Crippen LogP contribution in [0.3, 0.4) is 0 Å². The first kappa shape index (κ1) is 9.09. The minimum Gasteiger partial charge on any atom is -0.389 e. The van der Waals surface area contributed by atoms with Crippen LogP contribution in [0.2, 0.25) is 0 Å². The van der Waals surface area contributed by atoms with Crippen molar-refractivity contribution in [3.05, 3.63) is 26.9 Å². The molecule has 0 unspecified atom stereocenters. The van der Waals surface area contributed by atoms with E-state index in [1.165, 1.54) is 0 Å². The van der Waals surface area contributed by atoms with Gasteiger partial charge in [0.25, 0.3) is 0 Å². The van der Waals surface area contributed by atoms with E-state index in [0.29, 0.717) is 4.99 Å². The molecule has 0 atom stereocenters. The number of hydrogen-bond donors (Lipinski definition) is 1. The molecule has 0 aliphatic carbocycles. The van der Waals surface area contributed by atoms with Crippen molar-refractivity contribution in [2.45, 2.75) is 0 Å². The number of rotatable bonds is 1. The Bertz CT molecular complexity index is 280. The second-order valence-electron chi connectivity index (χ2n) is 1.87. The van der Waals surface area contributed by atoms with Crippen LogP contribution in [0.1, 0.15) is 5.56 Å². The van der Waals surface area contributed by atoms with Crippen molar-refractivity contribution in [1.29, 1.82) is 0 Å². The van der Waals surface area contributed by atoms with Gasteiger partial charge in [-0.05, 0) is 44.0 Å². The first-order chi connectivity index (χ1) is 5.09. The van der Waals surface area contributed by atoms with Crippen LogP contribution in [0.15, 0.2) is 21.3 Å². The minimum atomic E-state index is 0.369. The Hall–Kier alpha value is -0.0000000000000000555. The first-order valence-corrected chi connectivity index (χ1v) is 4.72. The lowest BCUT2D eigenvalue weighted by atomic mass is 10.3. The van der Waals surface area contributed by atoms with E-state index in [1.807, 2.05) is 0 Å². The molecule has 11 heavy (non-hydrogen) atoms. The molecule has 1 aromatic rings. The van der Waals surface area contributed by atoms with Gasteiger partial charge in [0.2, 0.25) is 0 Å². The maximum atomic E-state index is 5.41. The normalized spacial score (nSPS) is 9.64. The van der Waals surface area contributed by atoms with Gasteiger partial charge in [-0.25, -0.2) is 4.98 Å². The van der Waals surface area contributed by atoms with Gasteiger partial charge in [-0.15, -0.1) is 0 Å². The third-order valence-electron chi connectivity index (χ3n) is 1.05. The lowest BCUT2D eigenvalue weighted by molar-refractivity contribution is 1.22. The number of halogens is 2. The molecule has 0 saturated carbocycles. The zero-order valence-electron chi connectivity index (χ0n) is 5.34. The lowest BCUT2D eigenvalue weighted by Gasteiger charge is -1.98. The number of nitrogens with zero attached hydrogens (tertiary/aromatic N) is 1. The van der Waals surface area contributed by atoms with Crippen LogP contribution >= 0.6 is 44.1 Å². The Labute approximate surface area is 86.4 Å². The van der Waals surface area contributed by atoms with E-state index in [1.54, 1.807) is 12.1 Å². The number of pyridine rings is 1. The molecule has 58 valence electrons. The van der Waals surface area contributed by atoms with E-state index < -0.39 is 0 Å². The molecule has 0 radical (unpaired) electrons. The van der Waals surface area contributed by atoms with Crippen molar-refractivity contribution in [1.82, 2.24) is 4.98 Å². The van der Waals surface area contributed by atoms with Crippen molar-refractivity contribution in [2.75, 3.05) is 0 Å². The molecule has 2 nitrogen and oxygen atoms in total. The molecule has 0 aromatic carbocycles. The summed E-state index contributed by atoms with van der Waals surface area (Å²) in [5, 5.41) is 0. The highest BCUT2D eigenvalue weighted by atomic mass is 79.9. The van der Waals surface area contributed by atoms with Crippen molar-refractivity contribution in [3.8, 4) is 0 Å². The zero-order valence-corrected chi connectivity index (χ0v) is 9.33. The van der Waals surface area contributed by atoms with E-state index in [4.69, 9.17) is 18.0 Å². The number of nitrogens with two attached hydrogens (primary N) is 1. The SMILES string of the molecule is NC(=S)c1cc(Br)nc(Br)c1. The summed E-state index contributed by atoms with van der Waals surface area (Å²) in [5.41, 5.74) is 6.21. The average Bonchev–Trinajstić information content (AvgIpc) is 1.85. The lowest BCUT2D eigenvalue weighted by Crippen LogP contribution is -2.09. The molecule has 1 aromatic heterocycles. The molecule has 0 spiro atoms. The highest BCUT2D eigenvalue weighted by molar-refractivity contribution is 9.11. The fourth-order valence-corrected chi connectivity index (χ4v) is 1.84. The van der Waals surface area contributed by atoms with Crippen LogP contribution in [0, 0.1) is 0 Å². The van der Waals surface area contributed by atoms with Gasteiger partial charge < -0.3 is 5.73 Å². The van der Waals surface area contributed by atoms with Gasteiger partial charge in [0.15, 0.2) is 0 Å². The smallest absolute Gasteiger partial charge is 0.108 e. The highest BCUT2D eigenvalue weighted by Gasteiger charge is 1.99. The predicted octanol–water partition coefficient (Wildman–Crippen LogP) is 2.24. The molecule has 0 aliphatic rings. The van der Waals surface area contributed by atoms with Crippen molar-refractivity contribution in [3.63, 3.8) is 0 Å². The summed E-state index contributed by atoms with van der Waals surface area (Å²) in [6.45, 7) is 0. The minimum absolute atomic E-state index is 0.369. The molecule has 5 heteroatoms. The third-order valence-corrected chi connectivity index (χ3v) is 2.10. The zero-order chi connectivity index (χ0) is 8.43. The van der Waals surface area contributed by atoms with Crippen molar-refractivity contribution < 1.29 is 0 Å². The molecule has 0 fully saturated rings. The summed E-state index contributed by atoms with van der Waals surface area (Å²) in [5.74, 6) is 0. The largest absolute Gasteiger partial charge is 0.389 e. The van der Waals surface area contributed by atoms with Crippen LogP contribution < -0.4 is 5.73 Å². The molecular formula is C6H4Br2N2S. The highest BCUT2D eigenvalue weighted by Crippen LogP contribution is 2.15. The molecule has 0 amide bonds. The Balaban J connectivity index is 3.19. The van der Waals surface area contributed by atoms with E-state index in [2.05, 4.69) is 36.8 Å². The van der Waals surface area contributed by atoms with Crippen molar-refractivity contribution >= 4 is 49.1 Å². The van der Waals surface area contributed by atoms with Gasteiger partial charge in [-0.3, -0.25) is 0 Å². The summed E-state index contributed by atoms with van der Waals surface area (Å²) < 4.78 is 1.43. The molecular weight excluding hydrogens is 292 g/mol. The van der Waals surface area contributed by atoms with Crippen molar-refractivity contribution in [2.24, 2.45) is 5.73 Å². The second kappa shape index (κ2) is 3.60. The molecule has 0 aliphatic heterocycles. The van der Waals surface area contributed by atoms with Gasteiger partial charge in [0.1, 0.15) is 14.2 Å². The van der Waals surface area contributed by atoms with E-state index in [0.717, 1.165) is 14.8 Å². The van der Waals surface area contributed by atoms with Crippen LogP contribution in [0.4, 0.5) is 0 Å². The molecule has 1 rings (SSSR count). The molecule has 2 N–H and O–H groups in total. The Morgan fingerprint density at radius 2 is 1.82 bits per heavy atom. The molecule has 0 saturated heterocycles. The van der Waals surface area contributed by atoms with Crippen LogP contribution in [-0.2, 0) is 0 Å². The fraction of sp³-hybridized carbons (Fsp3) is 0. The fourth-order valence-electron chi connectivity index (χ4n) is 0.607. The number of aromatic nitrogens is 1. The topological polar surface area (TPSA) is 38.9 Å². The van der Waals surface area contributed by atoms with Gasteiger partial charge >= 0.3 is 0 Å². The Morgan fingerprint density at radius 3 is 2.18 bits per heavy atom. The van der Waals surface area contributed by atoms with Gasteiger partial charge in [-0.2, -0.15) is 0 Å². The number of thiocarbonyl (C=S) groups is 1. The first-order valence-electron chi connectivity index (χ1n) is 2.72. The summed E-state index contributed by atoms with van der Waals surface area (Å²) in [6.07, 6.45) is 0. The van der Waals surface area contributed by atoms with E-state index in [9.17, 15) is 0 Å². The maximum Gasteiger partial charge on any atom is 0.108 e. The summed E-state index contributed by atoms with van der Waals surface area (Å²) in [4.78, 5) is 4.40. The summed E-state index contributed by atoms with van der Waals surface area (Å²) in [7, 11) is 0. The molecule has 1 heterocycles. The van der Waals surface area contributed by atoms with Crippen LogP contribution in [-0.4, -0.2) is 9.97 Å². The number of hydrogen-bond acceptors (Lipinski definition) is 2. The van der Waals surface area contributed by atoms with Gasteiger partial charge in [0, 0.05) is 5.56 Å². The standard InChI is InChI=1S/C6H4Br2N2S/c7-4-1-3(6(9)11)2-5(8)10-4/h1-2H,(H2,9,11). The second-order valence-corrected chi connectivity index (χ2v) is 3.93. The molecule has 0 bridgehead atoms. The van der Waals surface area contributed by atoms with Crippen LogP contribution in [0.5, 0.6) is 0 Å². The van der Waals surface area contributed by atoms with Gasteiger partial charge in [-0.1, -0.05) is 12.2 Å². The average molecular weight is 296 g/mol. The van der Waals surface area contributed by atoms with Gasteiger partial charge in [0.05, 0.1) is 0 Å². The quantitative estimate of drug-likeness (QED) is 0.638. The predicted molar refractivity (Wildman–Crippen MR) is 55.5 cm³/mol.